The normalized spacial score (nSPS) is 11.8. The van der Waals surface area contributed by atoms with Crippen molar-refractivity contribution in [3.63, 3.8) is 0 Å². The molecule has 176 valence electrons. The molecule has 33 heavy (non-hydrogen) atoms. The molecule has 14 heteroatoms. The third-order valence-electron chi connectivity index (χ3n) is 4.23. The summed E-state index contributed by atoms with van der Waals surface area (Å²) in [6.45, 7) is -0.571. The van der Waals surface area contributed by atoms with Crippen molar-refractivity contribution in [1.29, 1.82) is 0 Å². The number of hydrogen-bond donors (Lipinski definition) is 2. The Morgan fingerprint density at radius 1 is 0.697 bits per heavy atom. The number of nitrogens with zero attached hydrogens (tertiary/aromatic N) is 2. The van der Waals surface area contributed by atoms with Crippen LogP contribution in [0.15, 0.2) is 82.6 Å². The van der Waals surface area contributed by atoms with Gasteiger partial charge in [0.1, 0.15) is 10.6 Å². The Kier molecular flexibility index (Phi) is 7.19. The molecule has 0 aliphatic carbocycles. The highest BCUT2D eigenvalue weighted by Gasteiger charge is 2.21. The van der Waals surface area contributed by atoms with Crippen molar-refractivity contribution in [2.75, 3.05) is 10.5 Å². The summed E-state index contributed by atoms with van der Waals surface area (Å²) in [4.78, 5) is -0.608. The average molecular weight is 496 g/mol. The first-order chi connectivity index (χ1) is 15.5. The van der Waals surface area contributed by atoms with Gasteiger partial charge in [0.15, 0.2) is 0 Å². The molecule has 3 aromatic rings. The third-order valence-corrected chi connectivity index (χ3v) is 6.76. The van der Waals surface area contributed by atoms with Gasteiger partial charge in [-0.15, -0.1) is 0 Å². The topological polar surface area (TPSA) is 180 Å². The summed E-state index contributed by atoms with van der Waals surface area (Å²) in [6, 6.07) is 14.2. The van der Waals surface area contributed by atoms with E-state index in [9.17, 15) is 27.3 Å². The number of anilines is 2. The first-order valence-electron chi connectivity index (χ1n) is 8.94. The molecule has 0 spiro atoms. The lowest BCUT2D eigenvalue weighted by Crippen LogP contribution is -2.13. The van der Waals surface area contributed by atoms with Gasteiger partial charge in [0, 0.05) is 5.56 Å². The van der Waals surface area contributed by atoms with Crippen LogP contribution in [0.3, 0.4) is 0 Å². The number of rotatable bonds is 9. The van der Waals surface area contributed by atoms with Crippen molar-refractivity contribution in [2.45, 2.75) is 16.4 Å². The van der Waals surface area contributed by atoms with E-state index in [1.807, 2.05) is 0 Å². The fourth-order valence-corrected chi connectivity index (χ4v) is 4.41. The molecule has 0 aliphatic heterocycles. The van der Waals surface area contributed by atoms with Gasteiger partial charge in [-0.3, -0.25) is 14.6 Å². The van der Waals surface area contributed by atoms with Gasteiger partial charge in [0.05, 0.1) is 22.9 Å². The second-order valence-electron chi connectivity index (χ2n) is 6.40. The first-order valence-corrected chi connectivity index (χ1v) is 11.8. The summed E-state index contributed by atoms with van der Waals surface area (Å²) in [5, 5.41) is 38.5. The minimum atomic E-state index is -4.36. The molecular formula is C19H16N2O10S2-2. The monoisotopic (exact) mass is 496 g/mol. The molecule has 3 rings (SSSR count). The minimum Gasteiger partial charge on any atom is -0.733 e. The van der Waals surface area contributed by atoms with E-state index >= 15 is 0 Å². The molecule has 12 nitrogen and oxygen atoms in total. The van der Waals surface area contributed by atoms with Crippen molar-refractivity contribution in [1.82, 2.24) is 0 Å². The largest absolute Gasteiger partial charge is 0.733 e. The van der Waals surface area contributed by atoms with Gasteiger partial charge in [-0.1, -0.05) is 18.2 Å². The Labute approximate surface area is 188 Å². The van der Waals surface area contributed by atoms with Crippen molar-refractivity contribution >= 4 is 31.6 Å². The Morgan fingerprint density at radius 2 is 1.15 bits per heavy atom. The Balaban J connectivity index is 1.77. The van der Waals surface area contributed by atoms with Crippen LogP contribution in [0.4, 0.5) is 11.4 Å². The maximum Gasteiger partial charge on any atom is 0.339 e. The van der Waals surface area contributed by atoms with Gasteiger partial charge in [-0.25, -0.2) is 0 Å². The third kappa shape index (κ3) is 5.96. The molecule has 0 radical (unpaired) electrons. The molecule has 2 N–H and O–H groups in total. The van der Waals surface area contributed by atoms with E-state index in [4.69, 9.17) is 18.8 Å². The molecule has 0 bridgehead atoms. The van der Waals surface area contributed by atoms with Crippen LogP contribution in [0.25, 0.3) is 0 Å². The lowest BCUT2D eigenvalue weighted by atomic mass is 10.2. The smallest absolute Gasteiger partial charge is 0.339 e. The van der Waals surface area contributed by atoms with Crippen LogP contribution in [0.2, 0.25) is 0 Å². The Morgan fingerprint density at radius 3 is 1.64 bits per heavy atom. The maximum atomic E-state index is 12.6. The molecule has 0 saturated carbocycles. The summed E-state index contributed by atoms with van der Waals surface area (Å²) in [7, 11) is -8.65. The van der Waals surface area contributed by atoms with Gasteiger partial charge in [-0.05, 0) is 54.6 Å². The van der Waals surface area contributed by atoms with Crippen LogP contribution in [-0.4, -0.2) is 27.3 Å². The van der Waals surface area contributed by atoms with Crippen molar-refractivity contribution < 1.29 is 35.6 Å². The standard InChI is InChI=1S/C19H16N2O10S2/c22-20(23)15-5-9-17(10-6-15)32(26,27)30-13-14-3-1-2-4-19(14)31-33(28,29)18-11-7-16(8-12-18)21(24)25/h1-12,22,24H,13H2/q-2. The van der Waals surface area contributed by atoms with Gasteiger partial charge in [-0.2, -0.15) is 16.8 Å². The van der Waals surface area contributed by atoms with Crippen LogP contribution >= 0.6 is 0 Å². The van der Waals surface area contributed by atoms with Gasteiger partial charge >= 0.3 is 10.1 Å². The van der Waals surface area contributed by atoms with E-state index in [0.717, 1.165) is 48.5 Å². The van der Waals surface area contributed by atoms with Crippen molar-refractivity contribution in [2.24, 2.45) is 0 Å². The maximum absolute atomic E-state index is 12.6. The lowest BCUT2D eigenvalue weighted by molar-refractivity contribution is 0.296. The zero-order chi connectivity index (χ0) is 24.2. The van der Waals surface area contributed by atoms with E-state index in [-0.39, 0.29) is 32.5 Å². The minimum absolute atomic E-state index is 0.0973. The SMILES string of the molecule is O=S(=O)(OCc1ccccc1OS(=O)(=O)c1ccc(N([O-])O)cc1)c1ccc(N([O-])O)cc1. The van der Waals surface area contributed by atoms with E-state index in [0.29, 0.717) is 0 Å². The van der Waals surface area contributed by atoms with Crippen molar-refractivity contribution in [3.8, 4) is 5.75 Å². The molecule has 0 aromatic heterocycles. The number of hydrogen-bond acceptors (Lipinski definition) is 12. The average Bonchev–Trinajstić information content (AvgIpc) is 2.78. The molecule has 0 fully saturated rings. The summed E-state index contributed by atoms with van der Waals surface area (Å²) >= 11 is 0. The van der Waals surface area contributed by atoms with Crippen molar-refractivity contribution in [3.05, 3.63) is 88.8 Å². The quantitative estimate of drug-likeness (QED) is 0.327. The molecule has 3 aromatic carbocycles. The second-order valence-corrected chi connectivity index (χ2v) is 9.56. The first kappa shape index (κ1) is 24.4. The molecular weight excluding hydrogens is 480 g/mol. The predicted octanol–water partition coefficient (Wildman–Crippen LogP) is 2.75. The summed E-state index contributed by atoms with van der Waals surface area (Å²) < 4.78 is 60.0. The molecule has 0 amide bonds. The molecule has 0 saturated heterocycles. The molecule has 0 atom stereocenters. The number of benzene rings is 3. The zero-order valence-corrected chi connectivity index (χ0v) is 18.1. The van der Waals surface area contributed by atoms with E-state index in [1.165, 1.54) is 24.3 Å². The highest BCUT2D eigenvalue weighted by molar-refractivity contribution is 7.87. The molecule has 0 heterocycles. The Bertz CT molecular complexity index is 1310. The lowest BCUT2D eigenvalue weighted by Gasteiger charge is -2.21. The Hall–Kier alpha value is -3.24. The van der Waals surface area contributed by atoms with Crippen LogP contribution in [0.5, 0.6) is 5.75 Å². The summed E-state index contributed by atoms with van der Waals surface area (Å²) in [5.41, 5.74) is -0.282. The van der Waals surface area contributed by atoms with Gasteiger partial charge in [0.25, 0.3) is 10.1 Å². The molecule has 0 aliphatic rings. The zero-order valence-electron chi connectivity index (χ0n) is 16.5. The van der Waals surface area contributed by atoms with Crippen LogP contribution < -0.4 is 14.6 Å². The number of para-hydroxylation sites is 1. The van der Waals surface area contributed by atoms with Crippen LogP contribution in [0, 0.1) is 10.4 Å². The summed E-state index contributed by atoms with van der Waals surface area (Å²) in [6.07, 6.45) is 0. The fourth-order valence-electron chi connectivity index (χ4n) is 2.56. The van der Waals surface area contributed by atoms with Crippen LogP contribution in [-0.2, 0) is 31.0 Å². The summed E-state index contributed by atoms with van der Waals surface area (Å²) in [5.74, 6) is -0.193. The highest BCUT2D eigenvalue weighted by atomic mass is 32.2. The van der Waals surface area contributed by atoms with Gasteiger partial charge < -0.3 is 25.1 Å². The predicted molar refractivity (Wildman–Crippen MR) is 114 cm³/mol. The van der Waals surface area contributed by atoms with Gasteiger partial charge in [0.2, 0.25) is 0 Å². The van der Waals surface area contributed by atoms with E-state index < -0.39 is 37.3 Å². The second kappa shape index (κ2) is 9.72. The highest BCUT2D eigenvalue weighted by Crippen LogP contribution is 2.26. The van der Waals surface area contributed by atoms with E-state index in [2.05, 4.69) is 0 Å². The van der Waals surface area contributed by atoms with Crippen LogP contribution in [0.1, 0.15) is 5.56 Å². The van der Waals surface area contributed by atoms with E-state index in [1.54, 1.807) is 0 Å². The molecule has 0 unspecified atom stereocenters. The fraction of sp³-hybridized carbons (Fsp3) is 0.0526.